The van der Waals surface area contributed by atoms with Crippen LogP contribution in [-0.2, 0) is 13.5 Å². The first-order valence-electron chi connectivity index (χ1n) is 10.2. The molecule has 174 valence electrons. The third-order valence-electron chi connectivity index (χ3n) is 6.04. The average molecular weight is 525 g/mol. The van der Waals surface area contributed by atoms with Crippen LogP contribution in [0.3, 0.4) is 0 Å². The van der Waals surface area contributed by atoms with Gasteiger partial charge in [0.25, 0.3) is 17.4 Å². The number of anilines is 2. The van der Waals surface area contributed by atoms with E-state index < -0.39 is 35.5 Å². The fourth-order valence-corrected chi connectivity index (χ4v) is 4.90. The van der Waals surface area contributed by atoms with E-state index in [2.05, 4.69) is 32.8 Å². The van der Waals surface area contributed by atoms with Crippen LogP contribution >= 0.6 is 15.9 Å². The van der Waals surface area contributed by atoms with Crippen molar-refractivity contribution in [2.45, 2.75) is 25.2 Å². The molecule has 0 bridgehead atoms. The Balaban J connectivity index is 1.67. The number of rotatable bonds is 4. The van der Waals surface area contributed by atoms with Gasteiger partial charge in [0.15, 0.2) is 5.78 Å². The first-order chi connectivity index (χ1) is 15.5. The summed E-state index contributed by atoms with van der Waals surface area (Å²) in [5.74, 6) is -5.96. The molecule has 1 aromatic carbocycles. The Hall–Kier alpha value is -2.95. The van der Waals surface area contributed by atoms with E-state index in [1.807, 2.05) is 0 Å². The first-order valence-corrected chi connectivity index (χ1v) is 11.0. The number of Topliss-reactive ketones (excluding diaryl/α,β-unsaturated/α-hetero) is 1. The molecular weight excluding hydrogens is 505 g/mol. The third-order valence-corrected chi connectivity index (χ3v) is 6.66. The van der Waals surface area contributed by atoms with E-state index in [0.29, 0.717) is 5.56 Å². The van der Waals surface area contributed by atoms with Crippen LogP contribution in [0.15, 0.2) is 34.1 Å². The number of benzene rings is 1. The first kappa shape index (κ1) is 23.2. The van der Waals surface area contributed by atoms with Crippen LogP contribution in [0.4, 0.5) is 24.9 Å². The molecule has 1 N–H and O–H groups in total. The molecule has 1 aromatic heterocycles. The molecule has 7 nitrogen and oxygen atoms in total. The number of piperidine rings is 1. The fourth-order valence-electron chi connectivity index (χ4n) is 4.24. The molecule has 33 heavy (non-hydrogen) atoms. The van der Waals surface area contributed by atoms with Crippen molar-refractivity contribution in [3.05, 3.63) is 62.1 Å². The minimum Gasteiger partial charge on any atom is -0.341 e. The predicted molar refractivity (Wildman–Crippen MR) is 120 cm³/mol. The van der Waals surface area contributed by atoms with Crippen molar-refractivity contribution in [2.24, 2.45) is 13.0 Å². The van der Waals surface area contributed by atoms with Crippen molar-refractivity contribution in [1.82, 2.24) is 9.55 Å². The van der Waals surface area contributed by atoms with Crippen LogP contribution in [-0.4, -0.2) is 40.3 Å². The molecule has 0 saturated carbocycles. The van der Waals surface area contributed by atoms with E-state index in [1.165, 1.54) is 22.6 Å². The Morgan fingerprint density at radius 3 is 2.76 bits per heavy atom. The number of aromatic nitrogens is 2. The Bertz CT molecular complexity index is 1240. The maximum atomic E-state index is 14.7. The summed E-state index contributed by atoms with van der Waals surface area (Å²) >= 11 is 3.16. The molecule has 0 spiro atoms. The van der Waals surface area contributed by atoms with Gasteiger partial charge in [0, 0.05) is 49.1 Å². The van der Waals surface area contributed by atoms with Gasteiger partial charge in [0.2, 0.25) is 5.95 Å². The average Bonchev–Trinajstić information content (AvgIpc) is 3.12. The lowest BCUT2D eigenvalue weighted by Crippen LogP contribution is -2.48. The normalized spacial score (nSPS) is 19.4. The van der Waals surface area contributed by atoms with E-state index in [-0.39, 0.29) is 59.1 Å². The molecule has 0 radical (unpaired) electrons. The molecule has 1 atom stereocenters. The van der Waals surface area contributed by atoms with E-state index >= 15 is 0 Å². The summed E-state index contributed by atoms with van der Waals surface area (Å²) in [7, 11) is 1.44. The lowest BCUT2D eigenvalue weighted by Gasteiger charge is -2.38. The number of ketones is 1. The lowest BCUT2D eigenvalue weighted by molar-refractivity contribution is -0.0546. The summed E-state index contributed by atoms with van der Waals surface area (Å²) in [6.07, 6.45) is 1.11. The molecule has 1 unspecified atom stereocenters. The Morgan fingerprint density at radius 2 is 2.06 bits per heavy atom. The maximum Gasteiger partial charge on any atom is 0.260 e. The molecule has 2 aromatic rings. The fraction of sp³-hybridized carbons (Fsp3) is 0.364. The smallest absolute Gasteiger partial charge is 0.260 e. The number of halogens is 4. The summed E-state index contributed by atoms with van der Waals surface area (Å²) in [4.78, 5) is 43.3. The SMILES string of the molecule is C=CC1CN(c2nc(NC(=O)c3c(F)cc(Br)c4c3CCC4=O)cc(=O)n2C)CCC1(F)F. The van der Waals surface area contributed by atoms with Gasteiger partial charge in [0.1, 0.15) is 11.6 Å². The zero-order chi connectivity index (χ0) is 24.1. The highest BCUT2D eigenvalue weighted by Gasteiger charge is 2.43. The zero-order valence-corrected chi connectivity index (χ0v) is 19.2. The number of amides is 1. The van der Waals surface area contributed by atoms with Crippen LogP contribution in [0, 0.1) is 11.7 Å². The van der Waals surface area contributed by atoms with Crippen molar-refractivity contribution >= 4 is 39.4 Å². The van der Waals surface area contributed by atoms with Crippen LogP contribution in [0.1, 0.15) is 39.1 Å². The van der Waals surface area contributed by atoms with Crippen molar-refractivity contribution in [1.29, 1.82) is 0 Å². The molecule has 11 heteroatoms. The highest BCUT2D eigenvalue weighted by atomic mass is 79.9. The van der Waals surface area contributed by atoms with Crippen molar-refractivity contribution in [3.63, 3.8) is 0 Å². The number of carbonyl (C=O) groups excluding carboxylic acids is 2. The molecule has 2 aliphatic rings. The summed E-state index contributed by atoms with van der Waals surface area (Å²) in [5.41, 5.74) is -0.253. The maximum absolute atomic E-state index is 14.7. The highest BCUT2D eigenvalue weighted by Crippen LogP contribution is 2.36. The van der Waals surface area contributed by atoms with Crippen LogP contribution in [0.2, 0.25) is 0 Å². The van der Waals surface area contributed by atoms with Crippen molar-refractivity contribution in [2.75, 3.05) is 23.3 Å². The number of hydrogen-bond donors (Lipinski definition) is 1. The van der Waals surface area contributed by atoms with Crippen LogP contribution in [0.5, 0.6) is 0 Å². The molecular formula is C22H20BrF3N4O3. The van der Waals surface area contributed by atoms with Gasteiger partial charge in [-0.05, 0) is 34.0 Å². The third kappa shape index (κ3) is 4.09. The van der Waals surface area contributed by atoms with Gasteiger partial charge >= 0.3 is 0 Å². The number of fused-ring (bicyclic) bond motifs is 1. The van der Waals surface area contributed by atoms with Gasteiger partial charge in [0.05, 0.1) is 11.5 Å². The Morgan fingerprint density at radius 1 is 1.33 bits per heavy atom. The number of hydrogen-bond acceptors (Lipinski definition) is 5. The molecule has 1 aliphatic carbocycles. The van der Waals surface area contributed by atoms with E-state index in [0.717, 1.165) is 12.1 Å². The topological polar surface area (TPSA) is 84.3 Å². The minimum absolute atomic E-state index is 0.0496. The number of carbonyl (C=O) groups is 2. The monoisotopic (exact) mass is 524 g/mol. The van der Waals surface area contributed by atoms with E-state index in [9.17, 15) is 27.6 Å². The van der Waals surface area contributed by atoms with Crippen molar-refractivity contribution in [3.8, 4) is 0 Å². The summed E-state index contributed by atoms with van der Waals surface area (Å²) in [5, 5.41) is 2.43. The molecule has 1 fully saturated rings. The second-order valence-electron chi connectivity index (χ2n) is 8.08. The highest BCUT2D eigenvalue weighted by molar-refractivity contribution is 9.10. The van der Waals surface area contributed by atoms with E-state index in [4.69, 9.17) is 0 Å². The second-order valence-corrected chi connectivity index (χ2v) is 8.94. The van der Waals surface area contributed by atoms with Gasteiger partial charge < -0.3 is 10.2 Å². The summed E-state index contributed by atoms with van der Waals surface area (Å²) in [6.45, 7) is 3.32. The molecule has 1 saturated heterocycles. The number of alkyl halides is 2. The second kappa shape index (κ2) is 8.44. The zero-order valence-electron chi connectivity index (χ0n) is 17.6. The van der Waals surface area contributed by atoms with Crippen LogP contribution in [0.25, 0.3) is 0 Å². The quantitative estimate of drug-likeness (QED) is 0.616. The Labute approximate surface area is 195 Å². The minimum atomic E-state index is -2.92. The summed E-state index contributed by atoms with van der Waals surface area (Å²) < 4.78 is 44.3. The van der Waals surface area contributed by atoms with Crippen molar-refractivity contribution < 1.29 is 22.8 Å². The molecule has 4 rings (SSSR count). The predicted octanol–water partition coefficient (Wildman–Crippen LogP) is 3.71. The number of nitrogens with zero attached hydrogens (tertiary/aromatic N) is 3. The summed E-state index contributed by atoms with van der Waals surface area (Å²) in [6, 6.07) is 2.12. The van der Waals surface area contributed by atoms with Gasteiger partial charge in [-0.1, -0.05) is 6.08 Å². The van der Waals surface area contributed by atoms with Gasteiger partial charge in [-0.2, -0.15) is 4.98 Å². The number of nitrogens with one attached hydrogen (secondary N) is 1. The molecule has 2 heterocycles. The van der Waals surface area contributed by atoms with Gasteiger partial charge in [-0.3, -0.25) is 19.0 Å². The molecule has 1 amide bonds. The largest absolute Gasteiger partial charge is 0.341 e. The van der Waals surface area contributed by atoms with Gasteiger partial charge in [-0.15, -0.1) is 6.58 Å². The lowest BCUT2D eigenvalue weighted by atomic mass is 9.94. The molecule has 1 aliphatic heterocycles. The van der Waals surface area contributed by atoms with Gasteiger partial charge in [-0.25, -0.2) is 13.2 Å². The Kier molecular flexibility index (Phi) is 5.94. The van der Waals surface area contributed by atoms with E-state index in [1.54, 1.807) is 0 Å². The standard InChI is InChI=1S/C22H20BrF3N4O3/c1-3-11-10-30(7-6-22(11,25)26)21-28-16(9-17(32)29(21)2)27-20(33)19-12-4-5-15(31)18(12)13(23)8-14(19)24/h3,8-9,11H,1,4-7,10H2,2H3,(H,27,33). The van der Waals surface area contributed by atoms with Crippen LogP contribution < -0.4 is 15.8 Å².